The molecular formula is C30H48N4O7. The van der Waals surface area contributed by atoms with E-state index >= 15 is 0 Å². The maximum absolute atomic E-state index is 12.8. The number of nitrogens with zero attached hydrogens (tertiary/aromatic N) is 4. The summed E-state index contributed by atoms with van der Waals surface area (Å²) in [5.74, 6) is -1.05. The molecule has 11 heteroatoms. The molecule has 41 heavy (non-hydrogen) atoms. The maximum Gasteiger partial charge on any atom is 0.320 e. The molecule has 1 aromatic carbocycles. The lowest BCUT2D eigenvalue weighted by Gasteiger charge is -2.33. The van der Waals surface area contributed by atoms with E-state index in [0.717, 1.165) is 12.0 Å². The molecule has 1 fully saturated rings. The van der Waals surface area contributed by atoms with Crippen LogP contribution in [0.5, 0.6) is 0 Å². The molecule has 0 bridgehead atoms. The second-order valence-electron chi connectivity index (χ2n) is 12.3. The van der Waals surface area contributed by atoms with Gasteiger partial charge in [-0.05, 0) is 47.1 Å². The first kappa shape index (κ1) is 34.2. The smallest absolute Gasteiger partial charge is 0.320 e. The third-order valence-electron chi connectivity index (χ3n) is 6.16. The van der Waals surface area contributed by atoms with Crippen LogP contribution < -0.4 is 0 Å². The van der Waals surface area contributed by atoms with Crippen LogP contribution in [0.1, 0.15) is 47.1 Å². The van der Waals surface area contributed by atoms with E-state index in [-0.39, 0.29) is 44.1 Å². The van der Waals surface area contributed by atoms with E-state index in [9.17, 15) is 19.2 Å². The van der Waals surface area contributed by atoms with Gasteiger partial charge in [0.2, 0.25) is 6.41 Å². The van der Waals surface area contributed by atoms with Crippen LogP contribution in [0.3, 0.4) is 0 Å². The quantitative estimate of drug-likeness (QED) is 0.245. The van der Waals surface area contributed by atoms with Gasteiger partial charge in [-0.1, -0.05) is 30.3 Å². The summed E-state index contributed by atoms with van der Waals surface area (Å²) in [4.78, 5) is 57.3. The summed E-state index contributed by atoms with van der Waals surface area (Å²) in [5, 5.41) is 0. The third kappa shape index (κ3) is 15.5. The number of hydrogen-bond acceptors (Lipinski definition) is 10. The Bertz CT molecular complexity index is 929. The Kier molecular flexibility index (Phi) is 13.7. The van der Waals surface area contributed by atoms with Crippen molar-refractivity contribution in [2.24, 2.45) is 0 Å². The van der Waals surface area contributed by atoms with Crippen molar-refractivity contribution in [2.45, 2.75) is 59.4 Å². The van der Waals surface area contributed by atoms with Crippen LogP contribution >= 0.6 is 0 Å². The van der Waals surface area contributed by atoms with Crippen molar-refractivity contribution in [3.8, 4) is 0 Å². The summed E-state index contributed by atoms with van der Waals surface area (Å²) in [6.45, 7) is 14.9. The fourth-order valence-electron chi connectivity index (χ4n) is 4.21. The fourth-order valence-corrected chi connectivity index (χ4v) is 4.21. The molecule has 1 aliphatic heterocycles. The molecule has 11 nitrogen and oxygen atoms in total. The topological polar surface area (TPSA) is 109 Å². The van der Waals surface area contributed by atoms with Gasteiger partial charge in [-0.25, -0.2) is 0 Å². The molecule has 0 aliphatic carbocycles. The van der Waals surface area contributed by atoms with Crippen molar-refractivity contribution >= 4 is 24.3 Å². The van der Waals surface area contributed by atoms with Crippen LogP contribution in [0.25, 0.3) is 0 Å². The van der Waals surface area contributed by atoms with Gasteiger partial charge in [0, 0.05) is 52.4 Å². The zero-order valence-corrected chi connectivity index (χ0v) is 25.6. The summed E-state index contributed by atoms with van der Waals surface area (Å²) in [6.07, 6.45) is 0.790. The van der Waals surface area contributed by atoms with E-state index in [4.69, 9.17) is 14.2 Å². The molecule has 0 aromatic heterocycles. The van der Waals surface area contributed by atoms with E-state index in [2.05, 4.69) is 0 Å². The van der Waals surface area contributed by atoms with Gasteiger partial charge < -0.3 is 19.1 Å². The molecule has 1 aliphatic rings. The normalized spacial score (nSPS) is 17.2. The predicted molar refractivity (Wildman–Crippen MR) is 155 cm³/mol. The summed E-state index contributed by atoms with van der Waals surface area (Å²) in [6, 6.07) is 9.49. The van der Waals surface area contributed by atoms with Crippen molar-refractivity contribution in [3.63, 3.8) is 0 Å². The highest BCUT2D eigenvalue weighted by atomic mass is 16.6. The molecule has 0 atom stereocenters. The first-order chi connectivity index (χ1) is 19.2. The van der Waals surface area contributed by atoms with E-state index in [1.807, 2.05) is 86.6 Å². The molecule has 1 heterocycles. The number of amides is 1. The molecule has 1 amide bonds. The summed E-state index contributed by atoms with van der Waals surface area (Å²) in [7, 11) is 0. The number of esters is 3. The fraction of sp³-hybridized carbons (Fsp3) is 0.667. The van der Waals surface area contributed by atoms with Crippen molar-refractivity contribution in [2.75, 3.05) is 72.0 Å². The second-order valence-corrected chi connectivity index (χ2v) is 12.3. The Balaban J connectivity index is 2.13. The SMILES string of the molecule is CC(C)(C)OC(=O)CN1CCN(C=O)CCN(CC(=O)OC(C)(C)C)CCN(CC(=O)OCc2ccccc2)CC1. The third-order valence-corrected chi connectivity index (χ3v) is 6.16. The number of carbonyl (C=O) groups is 4. The molecule has 0 unspecified atom stereocenters. The minimum absolute atomic E-state index is 0.0633. The number of carbonyl (C=O) groups excluding carboxylic acids is 4. The first-order valence-corrected chi connectivity index (χ1v) is 14.2. The molecule has 0 saturated carbocycles. The van der Waals surface area contributed by atoms with Crippen molar-refractivity contribution in [1.82, 2.24) is 19.6 Å². The average molecular weight is 577 g/mol. The van der Waals surface area contributed by atoms with E-state index in [1.54, 1.807) is 4.90 Å². The predicted octanol–water partition coefficient (Wildman–Crippen LogP) is 1.79. The van der Waals surface area contributed by atoms with Gasteiger partial charge in [-0.15, -0.1) is 0 Å². The molecule has 1 saturated heterocycles. The van der Waals surface area contributed by atoms with E-state index in [1.165, 1.54) is 0 Å². The number of benzene rings is 1. The highest BCUT2D eigenvalue weighted by molar-refractivity contribution is 5.73. The Hall–Kier alpha value is -3.02. The van der Waals surface area contributed by atoms with Crippen LogP contribution in [0.4, 0.5) is 0 Å². The number of rotatable bonds is 9. The summed E-state index contributed by atoms with van der Waals surface area (Å²) >= 11 is 0. The molecule has 230 valence electrons. The van der Waals surface area contributed by atoms with Crippen LogP contribution in [-0.4, -0.2) is 127 Å². The standard InChI is InChI=1S/C30H48N4O7/c1-29(2,3)40-27(37)21-32-14-12-31(20-26(36)39-23-25-10-8-7-9-11-25)13-15-33(17-19-34(24-35)18-16-32)22-28(38)41-30(4,5)6/h7-11,24H,12-23H2,1-6H3. The summed E-state index contributed by atoms with van der Waals surface area (Å²) < 4.78 is 16.6. The largest absolute Gasteiger partial charge is 0.460 e. The molecule has 1 aromatic rings. The minimum atomic E-state index is -0.607. The van der Waals surface area contributed by atoms with Crippen molar-refractivity contribution in [3.05, 3.63) is 35.9 Å². The highest BCUT2D eigenvalue weighted by Gasteiger charge is 2.24. The minimum Gasteiger partial charge on any atom is -0.460 e. The maximum atomic E-state index is 12.8. The van der Waals surface area contributed by atoms with Crippen LogP contribution in [0, 0.1) is 0 Å². The van der Waals surface area contributed by atoms with Gasteiger partial charge in [0.05, 0.1) is 19.6 Å². The Morgan fingerprint density at radius 3 is 1.44 bits per heavy atom. The number of hydrogen-bond donors (Lipinski definition) is 0. The van der Waals surface area contributed by atoms with Crippen molar-refractivity contribution < 1.29 is 33.4 Å². The molecule has 0 N–H and O–H groups in total. The molecule has 0 radical (unpaired) electrons. The van der Waals surface area contributed by atoms with Gasteiger partial charge in [0.25, 0.3) is 0 Å². The monoisotopic (exact) mass is 576 g/mol. The zero-order chi connectivity index (χ0) is 30.5. The summed E-state index contributed by atoms with van der Waals surface area (Å²) in [5.41, 5.74) is -0.309. The van der Waals surface area contributed by atoms with Crippen LogP contribution in [0.2, 0.25) is 0 Å². The van der Waals surface area contributed by atoms with Gasteiger partial charge in [0.15, 0.2) is 0 Å². The van der Waals surface area contributed by atoms with Gasteiger partial charge >= 0.3 is 17.9 Å². The van der Waals surface area contributed by atoms with E-state index < -0.39 is 11.2 Å². The van der Waals surface area contributed by atoms with Crippen LogP contribution in [-0.2, 0) is 40.0 Å². The van der Waals surface area contributed by atoms with Gasteiger partial charge in [-0.3, -0.25) is 33.9 Å². The molecule has 0 spiro atoms. The Morgan fingerprint density at radius 2 is 1.05 bits per heavy atom. The lowest BCUT2D eigenvalue weighted by atomic mass is 10.2. The lowest BCUT2D eigenvalue weighted by Crippen LogP contribution is -2.49. The van der Waals surface area contributed by atoms with Gasteiger partial charge in [-0.2, -0.15) is 0 Å². The first-order valence-electron chi connectivity index (χ1n) is 14.2. The zero-order valence-electron chi connectivity index (χ0n) is 25.6. The molecular weight excluding hydrogens is 528 g/mol. The van der Waals surface area contributed by atoms with E-state index in [0.29, 0.717) is 52.4 Å². The number of ether oxygens (including phenoxy) is 3. The Labute approximate surface area is 244 Å². The van der Waals surface area contributed by atoms with Crippen LogP contribution in [0.15, 0.2) is 30.3 Å². The Morgan fingerprint density at radius 1 is 0.659 bits per heavy atom. The van der Waals surface area contributed by atoms with Gasteiger partial charge in [0.1, 0.15) is 17.8 Å². The second kappa shape index (κ2) is 16.4. The molecule has 2 rings (SSSR count). The average Bonchev–Trinajstić information content (AvgIpc) is 2.86. The van der Waals surface area contributed by atoms with Crippen molar-refractivity contribution in [1.29, 1.82) is 0 Å². The highest BCUT2D eigenvalue weighted by Crippen LogP contribution is 2.10. The lowest BCUT2D eigenvalue weighted by molar-refractivity contribution is -0.157.